The zero-order valence-electron chi connectivity index (χ0n) is 32.2. The normalized spacial score (nSPS) is 18.0. The Labute approximate surface area is 316 Å². The van der Waals surface area contributed by atoms with Gasteiger partial charge >= 0.3 is 18.2 Å². The lowest BCUT2D eigenvalue weighted by atomic mass is 9.96. The van der Waals surface area contributed by atoms with E-state index in [4.69, 9.17) is 23.6 Å². The predicted molar refractivity (Wildman–Crippen MR) is 193 cm³/mol. The number of hydrogen-bond donors (Lipinski definition) is 4. The molecule has 4 heterocycles. The van der Waals surface area contributed by atoms with E-state index in [9.17, 15) is 28.8 Å². The maximum Gasteiger partial charge on any atom is 0.413 e. The first-order valence-corrected chi connectivity index (χ1v) is 18.0. The van der Waals surface area contributed by atoms with Crippen LogP contribution in [-0.2, 0) is 33.4 Å². The molecule has 0 saturated carbocycles. The molecule has 4 N–H and O–H groups in total. The van der Waals surface area contributed by atoms with Crippen LogP contribution in [0.25, 0.3) is 0 Å². The van der Waals surface area contributed by atoms with Crippen molar-refractivity contribution in [3.63, 3.8) is 0 Å². The molecule has 2 aliphatic heterocycles. The first-order chi connectivity index (χ1) is 24.8. The molecule has 296 valence electrons. The summed E-state index contributed by atoms with van der Waals surface area (Å²) < 4.78 is 21.3. The van der Waals surface area contributed by atoms with Gasteiger partial charge in [0.1, 0.15) is 28.5 Å². The average molecular weight is 777 g/mol. The third-order valence-electron chi connectivity index (χ3n) is 7.31. The van der Waals surface area contributed by atoms with Crippen LogP contribution in [0.5, 0.6) is 0 Å². The molecule has 2 aliphatic rings. The van der Waals surface area contributed by atoms with Crippen molar-refractivity contribution in [2.75, 3.05) is 25.0 Å². The Morgan fingerprint density at radius 1 is 0.963 bits per heavy atom. The lowest BCUT2D eigenvalue weighted by Gasteiger charge is -2.38. The second kappa shape index (κ2) is 15.6. The summed E-state index contributed by atoms with van der Waals surface area (Å²) >= 11 is 0.963. The highest BCUT2D eigenvalue weighted by atomic mass is 32.1. The molecule has 5 amide bonds. The van der Waals surface area contributed by atoms with Crippen molar-refractivity contribution in [1.82, 2.24) is 31.0 Å². The van der Waals surface area contributed by atoms with Crippen molar-refractivity contribution < 1.29 is 52.3 Å². The highest BCUT2D eigenvalue weighted by Gasteiger charge is 2.43. The zero-order valence-corrected chi connectivity index (χ0v) is 33.0. The molecule has 20 heteroatoms. The zero-order chi connectivity index (χ0) is 40.4. The molecule has 2 saturated heterocycles. The number of nitrogens with zero attached hydrogens (tertiary/aromatic N) is 4. The summed E-state index contributed by atoms with van der Waals surface area (Å²) in [6.07, 6.45) is -1.22. The number of nitrogens with one attached hydrogen (secondary N) is 4. The molecule has 2 aromatic rings. The first kappa shape index (κ1) is 41.5. The number of anilines is 1. The van der Waals surface area contributed by atoms with Crippen LogP contribution < -0.4 is 21.3 Å². The highest BCUT2D eigenvalue weighted by molar-refractivity contribution is 7.14. The molecule has 2 aromatic heterocycles. The van der Waals surface area contributed by atoms with Crippen molar-refractivity contribution in [1.29, 1.82) is 0 Å². The second-order valence-electron chi connectivity index (χ2n) is 16.2. The Kier molecular flexibility index (Phi) is 12.0. The number of amides is 5. The van der Waals surface area contributed by atoms with E-state index in [1.54, 1.807) is 62.3 Å². The van der Waals surface area contributed by atoms with E-state index in [1.807, 2.05) is 0 Å². The van der Waals surface area contributed by atoms with E-state index < -0.39 is 76.1 Å². The van der Waals surface area contributed by atoms with Crippen molar-refractivity contribution in [3.8, 4) is 0 Å². The molecule has 0 aromatic carbocycles. The van der Waals surface area contributed by atoms with Crippen molar-refractivity contribution in [2.45, 2.75) is 117 Å². The molecule has 19 nitrogen and oxygen atoms in total. The number of aromatic nitrogens is 2. The van der Waals surface area contributed by atoms with Crippen LogP contribution in [-0.4, -0.2) is 111 Å². The molecule has 54 heavy (non-hydrogen) atoms. The molecule has 0 unspecified atom stereocenters. The number of carbonyl (C=O) groups excluding carboxylic acids is 6. The Balaban J connectivity index is 1.40. The fourth-order valence-electron chi connectivity index (χ4n) is 4.64. The van der Waals surface area contributed by atoms with Gasteiger partial charge in [0.2, 0.25) is 17.3 Å². The summed E-state index contributed by atoms with van der Waals surface area (Å²) in [5, 5.41) is 19.7. The van der Waals surface area contributed by atoms with Crippen molar-refractivity contribution >= 4 is 58.1 Å². The minimum Gasteiger partial charge on any atom is -0.457 e. The largest absolute Gasteiger partial charge is 0.457 e. The van der Waals surface area contributed by atoms with Gasteiger partial charge in [-0.1, -0.05) is 10.3 Å². The molecular weight excluding hydrogens is 728 g/mol. The molecular formula is C34H48N8O11S. The SMILES string of the molecule is CC(C)(C)OC(=O)Nc1nc(/C(=N/OC(C)(C)C(=O)OC(C)(C)C)C(=O)N[C@@H]2C(=O)N[C@@H]2CNC(=O)c2cc(C3CN(C(=O)OC(C)(C)C)C3)no2)cs1. The van der Waals surface area contributed by atoms with Gasteiger partial charge in [-0.25, -0.2) is 19.4 Å². The standard InChI is InChI=1S/C34H48N8O11S/c1-31(2,3)49-27(46)34(10,11)53-41-23(20-16-54-28(37-20)39-29(47)50-32(4,5)6)26(45)38-22-19(36-25(22)44)13-35-24(43)21-12-18(40-52-21)17-14-42(15-17)30(48)51-33(7,8)9/h12,16-17,19,22H,13-15H2,1-11H3,(H,35,43)(H,36,44)(H,38,45)(H,37,39,47)/b41-23-/t19-,22+/m1/s1. The maximum atomic E-state index is 13.7. The lowest BCUT2D eigenvalue weighted by Crippen LogP contribution is -2.72. The highest BCUT2D eigenvalue weighted by Crippen LogP contribution is 2.28. The monoisotopic (exact) mass is 776 g/mol. The van der Waals surface area contributed by atoms with Gasteiger partial charge in [0, 0.05) is 37.0 Å². The minimum absolute atomic E-state index is 0.0464. The molecule has 0 aliphatic carbocycles. The molecule has 2 atom stereocenters. The second-order valence-corrected chi connectivity index (χ2v) is 17.0. The van der Waals surface area contributed by atoms with Gasteiger partial charge in [0.25, 0.3) is 11.8 Å². The quantitative estimate of drug-likeness (QED) is 0.0845. The Hall–Kier alpha value is -5.27. The van der Waals surface area contributed by atoms with Crippen molar-refractivity contribution in [3.05, 3.63) is 28.6 Å². The third kappa shape index (κ3) is 11.4. The van der Waals surface area contributed by atoms with E-state index in [-0.39, 0.29) is 29.0 Å². The van der Waals surface area contributed by atoms with Crippen LogP contribution in [0.1, 0.15) is 104 Å². The summed E-state index contributed by atoms with van der Waals surface area (Å²) in [6.45, 7) is 18.9. The van der Waals surface area contributed by atoms with Crippen LogP contribution in [0.15, 0.2) is 21.1 Å². The number of thiazole rings is 1. The topological polar surface area (TPSA) is 242 Å². The molecule has 4 rings (SSSR count). The van der Waals surface area contributed by atoms with Crippen LogP contribution in [0, 0.1) is 0 Å². The molecule has 0 spiro atoms. The van der Waals surface area contributed by atoms with Crippen LogP contribution in [0.4, 0.5) is 14.7 Å². The van der Waals surface area contributed by atoms with Gasteiger partial charge in [-0.2, -0.15) is 0 Å². The van der Waals surface area contributed by atoms with E-state index >= 15 is 0 Å². The predicted octanol–water partition coefficient (Wildman–Crippen LogP) is 3.07. The smallest absolute Gasteiger partial charge is 0.413 e. The van der Waals surface area contributed by atoms with E-state index in [1.165, 1.54) is 30.2 Å². The van der Waals surface area contributed by atoms with E-state index in [2.05, 4.69) is 36.6 Å². The van der Waals surface area contributed by atoms with Crippen LogP contribution in [0.2, 0.25) is 0 Å². The van der Waals surface area contributed by atoms with Gasteiger partial charge in [-0.3, -0.25) is 19.7 Å². The first-order valence-electron chi connectivity index (χ1n) is 17.1. The van der Waals surface area contributed by atoms with E-state index in [0.29, 0.717) is 18.8 Å². The van der Waals surface area contributed by atoms with Gasteiger partial charge in [0.15, 0.2) is 10.8 Å². The molecule has 2 fully saturated rings. The summed E-state index contributed by atoms with van der Waals surface area (Å²) in [7, 11) is 0. The minimum atomic E-state index is -1.65. The summed E-state index contributed by atoms with van der Waals surface area (Å²) in [6, 6.07) is -0.368. The van der Waals surface area contributed by atoms with Gasteiger partial charge in [-0.15, -0.1) is 11.3 Å². The Morgan fingerprint density at radius 2 is 1.59 bits per heavy atom. The van der Waals surface area contributed by atoms with E-state index in [0.717, 1.165) is 11.3 Å². The lowest BCUT2D eigenvalue weighted by molar-refractivity contribution is -0.179. The number of rotatable bonds is 11. The van der Waals surface area contributed by atoms with Crippen LogP contribution in [0.3, 0.4) is 0 Å². The average Bonchev–Trinajstić information content (AvgIpc) is 3.64. The fourth-order valence-corrected chi connectivity index (χ4v) is 5.32. The number of ether oxygens (including phenoxy) is 3. The third-order valence-corrected chi connectivity index (χ3v) is 8.07. The molecule has 0 bridgehead atoms. The van der Waals surface area contributed by atoms with Crippen LogP contribution >= 0.6 is 11.3 Å². The Bertz CT molecular complexity index is 1790. The maximum absolute atomic E-state index is 13.7. The number of oxime groups is 1. The Morgan fingerprint density at radius 3 is 2.19 bits per heavy atom. The summed E-state index contributed by atoms with van der Waals surface area (Å²) in [4.78, 5) is 87.8. The number of likely N-dealkylation sites (tertiary alicyclic amines) is 1. The van der Waals surface area contributed by atoms with Crippen molar-refractivity contribution in [2.24, 2.45) is 5.16 Å². The number of hydrogen-bond acceptors (Lipinski definition) is 15. The number of carbonyl (C=O) groups is 6. The number of esters is 1. The summed E-state index contributed by atoms with van der Waals surface area (Å²) in [5.74, 6) is -3.02. The fraction of sp³-hybridized carbons (Fsp3) is 0.618. The molecule has 0 radical (unpaired) electrons. The van der Waals surface area contributed by atoms with Gasteiger partial charge < -0.3 is 44.4 Å². The summed E-state index contributed by atoms with van der Waals surface area (Å²) in [5.41, 5.74) is -3.85. The number of β-lactam (4-membered cyclic amide) rings is 1. The van der Waals surface area contributed by atoms with Gasteiger partial charge in [-0.05, 0) is 76.2 Å². The van der Waals surface area contributed by atoms with Gasteiger partial charge in [0.05, 0.1) is 11.7 Å².